The highest BCUT2D eigenvalue weighted by Crippen LogP contribution is 2.36. The Morgan fingerprint density at radius 2 is 1.88 bits per heavy atom. The van der Waals surface area contributed by atoms with Crippen molar-refractivity contribution in [3.63, 3.8) is 0 Å². The molecule has 1 amide bonds. The van der Waals surface area contributed by atoms with E-state index in [1.165, 1.54) is 24.3 Å². The van der Waals surface area contributed by atoms with Crippen LogP contribution < -0.4 is 5.32 Å². The molecule has 0 saturated heterocycles. The number of aromatic amines is 2. The van der Waals surface area contributed by atoms with Gasteiger partial charge in [0.25, 0.3) is 0 Å². The van der Waals surface area contributed by atoms with E-state index >= 15 is 4.39 Å². The summed E-state index contributed by atoms with van der Waals surface area (Å²) in [4.78, 5) is 42.4. The lowest BCUT2D eigenvalue weighted by Crippen LogP contribution is -2.27. The molecule has 0 radical (unpaired) electrons. The molecule has 3 N–H and O–H groups in total. The van der Waals surface area contributed by atoms with Crippen LogP contribution in [0.25, 0.3) is 55.2 Å². The Labute approximate surface area is 231 Å². The standard InChI is InChI=1S/C29H24FN7O2S/c1-14(38)21-5-6-22(40-21)18-7-8-32-26-24(18)34-27(35-26)25-19-10-15(11-20(30)23(19)36-37-25)16-9-17(13-31-12-16)33-28(39)29(2,3)4/h5-13H,1-4H3,(H,33,39)(H,36,37)(H,32,34,35). The van der Waals surface area contributed by atoms with Gasteiger partial charge >= 0.3 is 0 Å². The normalized spacial score (nSPS) is 11.8. The summed E-state index contributed by atoms with van der Waals surface area (Å²) >= 11 is 1.40. The highest BCUT2D eigenvalue weighted by Gasteiger charge is 2.22. The minimum absolute atomic E-state index is 0.00549. The minimum Gasteiger partial charge on any atom is -0.335 e. The Morgan fingerprint density at radius 3 is 2.62 bits per heavy atom. The Balaban J connectivity index is 1.42. The molecule has 0 atom stereocenters. The molecule has 6 aromatic rings. The molecule has 0 bridgehead atoms. The van der Waals surface area contributed by atoms with E-state index in [0.29, 0.717) is 49.8 Å². The average Bonchev–Trinajstić information content (AvgIpc) is 3.66. The van der Waals surface area contributed by atoms with Gasteiger partial charge in [-0.1, -0.05) is 20.8 Å². The molecule has 0 aliphatic heterocycles. The first-order valence-electron chi connectivity index (χ1n) is 12.5. The molecule has 5 aromatic heterocycles. The third-order valence-electron chi connectivity index (χ3n) is 6.47. The summed E-state index contributed by atoms with van der Waals surface area (Å²) in [7, 11) is 0. The first kappa shape index (κ1) is 25.5. The molecular weight excluding hydrogens is 529 g/mol. The van der Waals surface area contributed by atoms with Crippen LogP contribution in [0.3, 0.4) is 0 Å². The number of thiophene rings is 1. The maximum Gasteiger partial charge on any atom is 0.229 e. The number of carbonyl (C=O) groups excluding carboxylic acids is 2. The topological polar surface area (TPSA) is 129 Å². The summed E-state index contributed by atoms with van der Waals surface area (Å²) in [5.41, 5.74) is 3.84. The predicted molar refractivity (Wildman–Crippen MR) is 154 cm³/mol. The van der Waals surface area contributed by atoms with Crippen molar-refractivity contribution in [3.8, 4) is 33.1 Å². The highest BCUT2D eigenvalue weighted by atomic mass is 32.1. The van der Waals surface area contributed by atoms with Gasteiger partial charge in [-0.25, -0.2) is 14.4 Å². The van der Waals surface area contributed by atoms with Gasteiger partial charge in [-0.15, -0.1) is 11.3 Å². The van der Waals surface area contributed by atoms with E-state index in [2.05, 4.69) is 35.5 Å². The van der Waals surface area contributed by atoms with Gasteiger partial charge in [0.2, 0.25) is 5.91 Å². The first-order valence-corrected chi connectivity index (χ1v) is 13.3. The van der Waals surface area contributed by atoms with Gasteiger partial charge in [-0.2, -0.15) is 5.10 Å². The summed E-state index contributed by atoms with van der Waals surface area (Å²) in [6.07, 6.45) is 4.83. The van der Waals surface area contributed by atoms with Crippen molar-refractivity contribution in [1.29, 1.82) is 0 Å². The number of fused-ring (bicyclic) bond motifs is 2. The van der Waals surface area contributed by atoms with Crippen LogP contribution in [0.5, 0.6) is 0 Å². The number of Topliss-reactive ketones (excluding diaryl/α,β-unsaturated/α-hetero) is 1. The number of nitrogens with one attached hydrogen (secondary N) is 3. The summed E-state index contributed by atoms with van der Waals surface area (Å²) in [6.45, 7) is 7.01. The van der Waals surface area contributed by atoms with Crippen LogP contribution in [0, 0.1) is 11.2 Å². The molecule has 5 heterocycles. The number of H-pyrrole nitrogens is 2. The molecule has 6 rings (SSSR count). The van der Waals surface area contributed by atoms with Gasteiger partial charge in [-0.3, -0.25) is 19.7 Å². The smallest absolute Gasteiger partial charge is 0.229 e. The largest absolute Gasteiger partial charge is 0.335 e. The Bertz CT molecular complexity index is 1950. The zero-order valence-corrected chi connectivity index (χ0v) is 22.9. The lowest BCUT2D eigenvalue weighted by Gasteiger charge is -2.17. The Kier molecular flexibility index (Phi) is 6.03. The molecule has 200 valence electrons. The van der Waals surface area contributed by atoms with E-state index in [1.54, 1.807) is 30.7 Å². The monoisotopic (exact) mass is 553 g/mol. The third-order valence-corrected chi connectivity index (χ3v) is 7.69. The van der Waals surface area contributed by atoms with Gasteiger partial charge in [0.15, 0.2) is 23.1 Å². The lowest BCUT2D eigenvalue weighted by molar-refractivity contribution is -0.123. The van der Waals surface area contributed by atoms with Crippen LogP contribution in [-0.4, -0.2) is 41.8 Å². The van der Waals surface area contributed by atoms with Gasteiger partial charge in [0.1, 0.15) is 11.2 Å². The number of ketones is 1. The molecule has 1 aromatic carbocycles. The fraction of sp³-hybridized carbons (Fsp3) is 0.172. The summed E-state index contributed by atoms with van der Waals surface area (Å²) in [5, 5.41) is 10.5. The van der Waals surface area contributed by atoms with Crippen LogP contribution in [0.15, 0.2) is 55.0 Å². The number of pyridine rings is 2. The van der Waals surface area contributed by atoms with E-state index in [0.717, 1.165) is 10.4 Å². The molecular formula is C29H24FN7O2S. The number of anilines is 1. The SMILES string of the molecule is CC(=O)c1ccc(-c2ccnc3nc(-c4[nH]nc5c(F)cc(-c6cncc(NC(=O)C(C)(C)C)c6)cc45)[nH]c23)s1. The number of hydrogen-bond donors (Lipinski definition) is 3. The molecule has 9 nitrogen and oxygen atoms in total. The minimum atomic E-state index is -0.576. The van der Waals surface area contributed by atoms with Crippen molar-refractivity contribution in [2.45, 2.75) is 27.7 Å². The van der Waals surface area contributed by atoms with Crippen LogP contribution in [0.2, 0.25) is 0 Å². The van der Waals surface area contributed by atoms with Crippen molar-refractivity contribution in [1.82, 2.24) is 30.1 Å². The second-order valence-corrected chi connectivity index (χ2v) is 11.6. The fourth-order valence-corrected chi connectivity index (χ4v) is 5.25. The van der Waals surface area contributed by atoms with Crippen LogP contribution in [0.1, 0.15) is 37.4 Å². The summed E-state index contributed by atoms with van der Waals surface area (Å²) < 4.78 is 15.2. The highest BCUT2D eigenvalue weighted by molar-refractivity contribution is 7.17. The number of aromatic nitrogens is 6. The second kappa shape index (κ2) is 9.45. The third kappa shape index (κ3) is 4.54. The van der Waals surface area contributed by atoms with Gasteiger partial charge in [0, 0.05) is 39.2 Å². The maximum absolute atomic E-state index is 15.2. The van der Waals surface area contributed by atoms with Gasteiger partial charge in [0.05, 0.1) is 22.3 Å². The number of halogens is 1. The first-order chi connectivity index (χ1) is 19.1. The Hall–Kier alpha value is -4.77. The number of carbonyl (C=O) groups is 2. The van der Waals surface area contributed by atoms with Gasteiger partial charge < -0.3 is 10.3 Å². The molecule has 0 unspecified atom stereocenters. The van der Waals surface area contributed by atoms with E-state index in [4.69, 9.17) is 0 Å². The number of rotatable bonds is 5. The molecule has 0 aliphatic rings. The number of amides is 1. The quantitative estimate of drug-likeness (QED) is 0.206. The fourth-order valence-electron chi connectivity index (χ4n) is 4.31. The number of imidazole rings is 1. The number of hydrogen-bond acceptors (Lipinski definition) is 7. The van der Waals surface area contributed by atoms with Crippen LogP contribution in [0.4, 0.5) is 10.1 Å². The molecule has 0 fully saturated rings. The maximum atomic E-state index is 15.2. The van der Waals surface area contributed by atoms with Crippen molar-refractivity contribution >= 4 is 50.8 Å². The predicted octanol–water partition coefficient (Wildman–Crippen LogP) is 6.62. The van der Waals surface area contributed by atoms with Crippen molar-refractivity contribution in [3.05, 3.63) is 65.7 Å². The van der Waals surface area contributed by atoms with E-state index < -0.39 is 11.2 Å². The second-order valence-electron chi connectivity index (χ2n) is 10.5. The van der Waals surface area contributed by atoms with Gasteiger partial charge in [-0.05, 0) is 48.9 Å². The zero-order valence-electron chi connectivity index (χ0n) is 22.1. The molecule has 0 aliphatic carbocycles. The Morgan fingerprint density at radius 1 is 1.05 bits per heavy atom. The summed E-state index contributed by atoms with van der Waals surface area (Å²) in [6, 6.07) is 10.5. The van der Waals surface area contributed by atoms with Crippen molar-refractivity contribution in [2.75, 3.05) is 5.32 Å². The molecule has 0 spiro atoms. The van der Waals surface area contributed by atoms with Crippen LogP contribution in [-0.2, 0) is 4.79 Å². The van der Waals surface area contributed by atoms with Crippen LogP contribution >= 0.6 is 11.3 Å². The molecule has 40 heavy (non-hydrogen) atoms. The van der Waals surface area contributed by atoms with Crippen molar-refractivity contribution < 1.29 is 14.0 Å². The van der Waals surface area contributed by atoms with E-state index in [-0.39, 0.29) is 17.2 Å². The van der Waals surface area contributed by atoms with E-state index in [1.807, 2.05) is 39.0 Å². The molecule has 0 saturated carbocycles. The average molecular weight is 554 g/mol. The lowest BCUT2D eigenvalue weighted by atomic mass is 9.95. The van der Waals surface area contributed by atoms with E-state index in [9.17, 15) is 9.59 Å². The molecule has 11 heteroatoms. The number of benzene rings is 1. The summed E-state index contributed by atoms with van der Waals surface area (Å²) in [5.74, 6) is -0.208. The van der Waals surface area contributed by atoms with Crippen molar-refractivity contribution in [2.24, 2.45) is 5.41 Å². The zero-order chi connectivity index (χ0) is 28.2. The number of nitrogens with zero attached hydrogens (tertiary/aromatic N) is 4.